The third-order valence-corrected chi connectivity index (χ3v) is 19.4. The predicted molar refractivity (Wildman–Crippen MR) is 289 cm³/mol. The van der Waals surface area contributed by atoms with Crippen molar-refractivity contribution in [2.75, 3.05) is 42.7 Å². The van der Waals surface area contributed by atoms with E-state index in [0.717, 1.165) is 0 Å². The van der Waals surface area contributed by atoms with Crippen molar-refractivity contribution in [1.29, 1.82) is 0 Å². The minimum absolute atomic E-state index is 0.00698. The summed E-state index contributed by atoms with van der Waals surface area (Å²) >= 11 is 14.7. The van der Waals surface area contributed by atoms with Crippen molar-refractivity contribution in [2.45, 2.75) is 81.4 Å². The molecular weight excluding hydrogens is 997 g/mol. The highest BCUT2D eigenvalue weighted by Crippen LogP contribution is 2.56. The number of carbonyl (C=O) groups is 2. The molecule has 0 aliphatic rings. The molecule has 6 aromatic carbocycles. The second kappa shape index (κ2) is 22.1. The van der Waals surface area contributed by atoms with Crippen LogP contribution in [0.15, 0.2) is 72.8 Å². The molecule has 72 heavy (non-hydrogen) atoms. The largest absolute Gasteiger partial charge is 0.496 e. The molecular formula is C56H62Cl2O12P2. The summed E-state index contributed by atoms with van der Waals surface area (Å²) in [5, 5.41) is 1.75. The number of esters is 2. The molecule has 0 spiro atoms. The van der Waals surface area contributed by atoms with E-state index in [-0.39, 0.29) is 43.3 Å². The molecule has 0 N–H and O–H groups in total. The molecule has 12 nitrogen and oxygen atoms in total. The minimum Gasteiger partial charge on any atom is -0.496 e. The fourth-order valence-corrected chi connectivity index (χ4v) is 16.4. The SMILES string of the molecule is COC(=O)C(C)Oc1c(Cl)ccc(P(=O)(c2cc(C)c(OC)c(C)c2)c2cc(C)c(OC)c(C)c2)c1-c1c(P(=O)(c2cc(C)c(OC)c(C)c2)c2cc(C)c(OC)c(C)c2)ccc(Cl)c1OC(C)C(=O)OC. The topological polar surface area (TPSA) is 142 Å². The van der Waals surface area contributed by atoms with Gasteiger partial charge in [0.2, 0.25) is 0 Å². The van der Waals surface area contributed by atoms with Crippen LogP contribution in [0.3, 0.4) is 0 Å². The van der Waals surface area contributed by atoms with E-state index < -0.39 is 38.4 Å². The summed E-state index contributed by atoms with van der Waals surface area (Å²) < 4.78 is 82.2. The van der Waals surface area contributed by atoms with E-state index in [1.54, 1.807) is 40.6 Å². The zero-order valence-corrected chi connectivity index (χ0v) is 46.9. The predicted octanol–water partition coefficient (Wildman–Crippen LogP) is 10.3. The van der Waals surface area contributed by atoms with E-state index in [1.807, 2.05) is 104 Å². The molecule has 16 heteroatoms. The maximum atomic E-state index is 17.6. The molecule has 0 amide bonds. The number of carbonyl (C=O) groups excluding carboxylic acids is 2. The third-order valence-electron chi connectivity index (χ3n) is 12.8. The van der Waals surface area contributed by atoms with Crippen LogP contribution in [0.2, 0.25) is 10.0 Å². The molecule has 0 aliphatic carbocycles. The Kier molecular flexibility index (Phi) is 17.0. The zero-order chi connectivity index (χ0) is 53.3. The van der Waals surface area contributed by atoms with Crippen LogP contribution in [0.1, 0.15) is 58.4 Å². The van der Waals surface area contributed by atoms with Crippen LogP contribution in [-0.2, 0) is 28.2 Å². The van der Waals surface area contributed by atoms with Gasteiger partial charge in [-0.15, -0.1) is 0 Å². The highest BCUT2D eigenvalue weighted by molar-refractivity contribution is 7.86. The fraction of sp³-hybridized carbons (Fsp3) is 0.321. The zero-order valence-electron chi connectivity index (χ0n) is 43.6. The van der Waals surface area contributed by atoms with Crippen molar-refractivity contribution in [3.8, 4) is 45.6 Å². The van der Waals surface area contributed by atoms with Gasteiger partial charge < -0.3 is 47.0 Å². The van der Waals surface area contributed by atoms with Crippen molar-refractivity contribution in [3.05, 3.63) is 127 Å². The van der Waals surface area contributed by atoms with Crippen molar-refractivity contribution in [3.63, 3.8) is 0 Å². The van der Waals surface area contributed by atoms with E-state index in [0.29, 0.717) is 88.7 Å². The van der Waals surface area contributed by atoms with Crippen molar-refractivity contribution in [1.82, 2.24) is 0 Å². The molecule has 382 valence electrons. The Morgan fingerprint density at radius 3 is 0.819 bits per heavy atom. The molecule has 0 bridgehead atoms. The summed E-state index contributed by atoms with van der Waals surface area (Å²) in [5.74, 6) is 0.586. The maximum Gasteiger partial charge on any atom is 0.346 e. The summed E-state index contributed by atoms with van der Waals surface area (Å²) in [6.45, 7) is 17.9. The molecule has 0 aliphatic heterocycles. The van der Waals surface area contributed by atoms with Crippen LogP contribution in [0.5, 0.6) is 34.5 Å². The first-order valence-electron chi connectivity index (χ1n) is 23.0. The smallest absolute Gasteiger partial charge is 0.346 e. The molecule has 0 saturated heterocycles. The van der Waals surface area contributed by atoms with Gasteiger partial charge in [-0.05, 0) is 187 Å². The lowest BCUT2D eigenvalue weighted by molar-refractivity contribution is -0.148. The molecule has 6 rings (SSSR count). The van der Waals surface area contributed by atoms with Crippen molar-refractivity contribution < 1.29 is 56.6 Å². The molecule has 0 heterocycles. The van der Waals surface area contributed by atoms with Gasteiger partial charge in [-0.1, -0.05) is 23.2 Å². The lowest BCUT2D eigenvalue weighted by atomic mass is 10.0. The van der Waals surface area contributed by atoms with Crippen molar-refractivity contribution in [2.24, 2.45) is 0 Å². The van der Waals surface area contributed by atoms with Gasteiger partial charge in [0.25, 0.3) is 0 Å². The van der Waals surface area contributed by atoms with E-state index in [1.165, 1.54) is 40.2 Å². The molecule has 0 fully saturated rings. The van der Waals surface area contributed by atoms with Crippen LogP contribution >= 0.6 is 37.5 Å². The summed E-state index contributed by atoms with van der Waals surface area (Å²) in [6, 6.07) is 20.8. The van der Waals surface area contributed by atoms with Gasteiger partial charge in [0.15, 0.2) is 26.5 Å². The van der Waals surface area contributed by atoms with E-state index in [9.17, 15) is 9.59 Å². The number of halogens is 2. The van der Waals surface area contributed by atoms with Gasteiger partial charge in [-0.2, -0.15) is 0 Å². The van der Waals surface area contributed by atoms with Gasteiger partial charge in [-0.25, -0.2) is 9.59 Å². The van der Waals surface area contributed by atoms with E-state index >= 15 is 9.13 Å². The summed E-state index contributed by atoms with van der Waals surface area (Å²) in [7, 11) is 0.110. The quantitative estimate of drug-likeness (QED) is 0.0634. The van der Waals surface area contributed by atoms with Crippen LogP contribution in [0.4, 0.5) is 0 Å². The lowest BCUT2D eigenvalue weighted by Gasteiger charge is -2.31. The number of hydrogen-bond donors (Lipinski definition) is 0. The highest BCUT2D eigenvalue weighted by atomic mass is 35.5. The Balaban J connectivity index is 2.00. The highest BCUT2D eigenvalue weighted by Gasteiger charge is 2.43. The number of hydrogen-bond acceptors (Lipinski definition) is 12. The number of aryl methyl sites for hydroxylation is 8. The van der Waals surface area contributed by atoms with Crippen LogP contribution < -0.4 is 60.2 Å². The van der Waals surface area contributed by atoms with Crippen molar-refractivity contribution >= 4 is 81.3 Å². The molecule has 0 radical (unpaired) electrons. The van der Waals surface area contributed by atoms with Crippen LogP contribution in [0, 0.1) is 55.4 Å². The minimum atomic E-state index is -4.31. The number of rotatable bonds is 17. The average molecular weight is 1060 g/mol. The monoisotopic (exact) mass is 1060 g/mol. The summed E-state index contributed by atoms with van der Waals surface area (Å²) in [5.41, 5.74) is 5.57. The molecule has 0 aromatic heterocycles. The summed E-state index contributed by atoms with van der Waals surface area (Å²) in [6.07, 6.45) is -2.63. The second-order valence-electron chi connectivity index (χ2n) is 17.8. The molecule has 0 saturated carbocycles. The van der Waals surface area contributed by atoms with Gasteiger partial charge in [0.1, 0.15) is 34.5 Å². The first kappa shape index (κ1) is 55.4. The maximum absolute atomic E-state index is 17.6. The van der Waals surface area contributed by atoms with E-state index in [4.69, 9.17) is 61.1 Å². The Bertz CT molecular complexity index is 2790. The summed E-state index contributed by atoms with van der Waals surface area (Å²) in [4.78, 5) is 26.9. The van der Waals surface area contributed by atoms with Gasteiger partial charge in [0, 0.05) is 43.0 Å². The average Bonchev–Trinajstić information content (AvgIpc) is 3.33. The van der Waals surface area contributed by atoms with Gasteiger partial charge >= 0.3 is 11.9 Å². The fourth-order valence-electron chi connectivity index (χ4n) is 9.69. The number of methoxy groups -OCH3 is 6. The second-order valence-corrected chi connectivity index (χ2v) is 24.1. The standard InChI is InChI=1S/C56H62Cl2O12P2/c1-29-21-39(22-30(2)49(29)63-11)71(61,40-23-31(3)50(64-12)32(4)24-40)45-19-17-43(57)53(69-37(9)55(59)67-15)47(45)48-46(20-18-44(58)54(48)70-38(10)56(60)68-16)72(62,41-25-33(5)51(65-13)34(6)26-41)42-27-35(7)52(66-14)36(8)28-42/h17-28,37-38H,1-16H3. The number of ether oxygens (including phenoxy) is 8. The third kappa shape index (κ3) is 9.96. The Morgan fingerprint density at radius 2 is 0.625 bits per heavy atom. The molecule has 2 unspecified atom stereocenters. The Morgan fingerprint density at radius 1 is 0.403 bits per heavy atom. The molecule has 6 aromatic rings. The Labute approximate surface area is 432 Å². The Hall–Kier alpha value is -5.90. The first-order valence-corrected chi connectivity index (χ1v) is 27.1. The lowest BCUT2D eigenvalue weighted by Crippen LogP contribution is -2.33. The van der Waals surface area contributed by atoms with E-state index in [2.05, 4.69) is 0 Å². The normalized spacial score (nSPS) is 12.4. The molecule has 2 atom stereocenters. The van der Waals surface area contributed by atoms with Gasteiger partial charge in [0.05, 0.1) is 52.7 Å². The van der Waals surface area contributed by atoms with Gasteiger partial charge in [-0.3, -0.25) is 0 Å². The van der Waals surface area contributed by atoms with Crippen LogP contribution in [-0.4, -0.2) is 66.8 Å². The number of benzene rings is 6. The van der Waals surface area contributed by atoms with Crippen LogP contribution in [0.25, 0.3) is 11.1 Å². The first-order chi connectivity index (χ1) is 34.0.